The predicted molar refractivity (Wildman–Crippen MR) is 52.8 cm³/mol. The molecular formula is C10H10N2O2. The van der Waals surface area contributed by atoms with Crippen LogP contribution in [0.15, 0.2) is 23.3 Å². The van der Waals surface area contributed by atoms with Crippen LogP contribution in [0.1, 0.15) is 17.3 Å². The van der Waals surface area contributed by atoms with Gasteiger partial charge in [0.1, 0.15) is 5.56 Å². The largest absolute Gasteiger partial charge is 0.367 e. The van der Waals surface area contributed by atoms with Crippen molar-refractivity contribution >= 4 is 5.91 Å². The van der Waals surface area contributed by atoms with Crippen LogP contribution in [0.5, 0.6) is 0 Å². The summed E-state index contributed by atoms with van der Waals surface area (Å²) >= 11 is 0. The van der Waals surface area contributed by atoms with E-state index in [1.807, 2.05) is 0 Å². The molecule has 0 unspecified atom stereocenters. The molecule has 1 aromatic heterocycles. The molecule has 0 aliphatic heterocycles. The number of aromatic amines is 1. The molecule has 14 heavy (non-hydrogen) atoms. The van der Waals surface area contributed by atoms with E-state index in [1.54, 1.807) is 6.92 Å². The maximum absolute atomic E-state index is 11.3. The Morgan fingerprint density at radius 2 is 2.43 bits per heavy atom. The zero-order chi connectivity index (χ0) is 10.4. The molecule has 0 atom stereocenters. The van der Waals surface area contributed by atoms with Gasteiger partial charge >= 0.3 is 0 Å². The summed E-state index contributed by atoms with van der Waals surface area (Å²) in [5.41, 5.74) is -0.198. The molecule has 0 saturated carbocycles. The number of nitrogens with one attached hydrogen (secondary N) is 2. The molecule has 1 aromatic rings. The first-order valence-electron chi connectivity index (χ1n) is 4.10. The van der Waals surface area contributed by atoms with Crippen LogP contribution in [0.4, 0.5) is 0 Å². The Kier molecular flexibility index (Phi) is 3.50. The van der Waals surface area contributed by atoms with Crippen molar-refractivity contribution in [2.75, 3.05) is 6.54 Å². The molecule has 0 aliphatic rings. The van der Waals surface area contributed by atoms with Crippen molar-refractivity contribution in [3.63, 3.8) is 0 Å². The average Bonchev–Trinajstić information content (AvgIpc) is 2.18. The summed E-state index contributed by atoms with van der Waals surface area (Å²) in [6.07, 6.45) is 2.85. The molecule has 0 aliphatic carbocycles. The quantitative estimate of drug-likeness (QED) is 0.651. The Hall–Kier alpha value is -2.02. The molecule has 72 valence electrons. The molecule has 0 spiro atoms. The number of pyridine rings is 1. The van der Waals surface area contributed by atoms with Gasteiger partial charge in [-0.25, -0.2) is 0 Å². The van der Waals surface area contributed by atoms with Gasteiger partial charge in [0.15, 0.2) is 5.43 Å². The minimum Gasteiger partial charge on any atom is -0.367 e. The lowest BCUT2D eigenvalue weighted by molar-refractivity contribution is 0.0957. The van der Waals surface area contributed by atoms with E-state index in [-0.39, 0.29) is 17.5 Å². The number of H-pyrrole nitrogens is 1. The number of carbonyl (C=O) groups is 1. The van der Waals surface area contributed by atoms with Crippen LogP contribution in [0.2, 0.25) is 0 Å². The van der Waals surface area contributed by atoms with E-state index >= 15 is 0 Å². The number of aromatic nitrogens is 1. The van der Waals surface area contributed by atoms with Crippen molar-refractivity contribution in [1.29, 1.82) is 0 Å². The Labute approximate surface area is 81.3 Å². The number of hydrogen-bond donors (Lipinski definition) is 2. The van der Waals surface area contributed by atoms with Gasteiger partial charge < -0.3 is 10.3 Å². The first-order chi connectivity index (χ1) is 6.75. The lowest BCUT2D eigenvalue weighted by Gasteiger charge is -1.98. The molecule has 0 saturated heterocycles. The summed E-state index contributed by atoms with van der Waals surface area (Å²) in [5.74, 6) is 4.90. The van der Waals surface area contributed by atoms with E-state index in [0.29, 0.717) is 0 Å². The Bertz CT molecular complexity index is 437. The summed E-state index contributed by atoms with van der Waals surface area (Å²) in [7, 11) is 0. The van der Waals surface area contributed by atoms with E-state index in [1.165, 1.54) is 18.5 Å². The number of carbonyl (C=O) groups excluding carboxylic acids is 1. The van der Waals surface area contributed by atoms with Crippen molar-refractivity contribution < 1.29 is 4.79 Å². The Morgan fingerprint density at radius 1 is 1.64 bits per heavy atom. The molecule has 4 nitrogen and oxygen atoms in total. The topological polar surface area (TPSA) is 62.0 Å². The highest BCUT2D eigenvalue weighted by atomic mass is 16.2. The maximum atomic E-state index is 11.3. The molecule has 0 aromatic carbocycles. The SMILES string of the molecule is CC#CCNC(=O)c1c[nH]ccc1=O. The Morgan fingerprint density at radius 3 is 3.07 bits per heavy atom. The third kappa shape index (κ3) is 2.49. The second-order valence-corrected chi connectivity index (χ2v) is 2.53. The van der Waals surface area contributed by atoms with E-state index in [9.17, 15) is 9.59 Å². The van der Waals surface area contributed by atoms with Crippen LogP contribution in [0.25, 0.3) is 0 Å². The lowest BCUT2D eigenvalue weighted by Crippen LogP contribution is -2.28. The van der Waals surface area contributed by atoms with E-state index in [0.717, 1.165) is 0 Å². The predicted octanol–water partition coefficient (Wildman–Crippen LogP) is 0.128. The smallest absolute Gasteiger partial charge is 0.257 e. The fourth-order valence-corrected chi connectivity index (χ4v) is 0.902. The summed E-state index contributed by atoms with van der Waals surface area (Å²) < 4.78 is 0. The summed E-state index contributed by atoms with van der Waals surface area (Å²) in [6, 6.07) is 1.31. The first kappa shape index (κ1) is 10.1. The van der Waals surface area contributed by atoms with Crippen molar-refractivity contribution in [2.24, 2.45) is 0 Å². The van der Waals surface area contributed by atoms with Gasteiger partial charge in [-0.2, -0.15) is 0 Å². The van der Waals surface area contributed by atoms with E-state index in [2.05, 4.69) is 22.1 Å². The highest BCUT2D eigenvalue weighted by molar-refractivity contribution is 5.93. The summed E-state index contributed by atoms with van der Waals surface area (Å²) in [5, 5.41) is 2.51. The number of hydrogen-bond acceptors (Lipinski definition) is 2. The van der Waals surface area contributed by atoms with E-state index in [4.69, 9.17) is 0 Å². The van der Waals surface area contributed by atoms with Crippen LogP contribution in [-0.2, 0) is 0 Å². The van der Waals surface area contributed by atoms with Crippen LogP contribution >= 0.6 is 0 Å². The van der Waals surface area contributed by atoms with Crippen molar-refractivity contribution in [3.8, 4) is 11.8 Å². The number of rotatable bonds is 2. The average molecular weight is 190 g/mol. The molecule has 0 fully saturated rings. The zero-order valence-corrected chi connectivity index (χ0v) is 7.76. The molecule has 1 rings (SSSR count). The lowest BCUT2D eigenvalue weighted by atomic mass is 10.2. The standard InChI is InChI=1S/C10H10N2O2/c1-2-3-5-12-10(14)8-7-11-6-4-9(8)13/h4,6-7H,5H2,1H3,(H,11,13)(H,12,14). The maximum Gasteiger partial charge on any atom is 0.257 e. The zero-order valence-electron chi connectivity index (χ0n) is 7.76. The minimum atomic E-state index is -0.408. The fourth-order valence-electron chi connectivity index (χ4n) is 0.902. The van der Waals surface area contributed by atoms with Crippen LogP contribution in [-0.4, -0.2) is 17.4 Å². The Balaban J connectivity index is 2.74. The third-order valence-electron chi connectivity index (χ3n) is 1.58. The van der Waals surface area contributed by atoms with Gasteiger partial charge in [0, 0.05) is 18.5 Å². The van der Waals surface area contributed by atoms with Crippen LogP contribution in [0.3, 0.4) is 0 Å². The highest BCUT2D eigenvalue weighted by Gasteiger charge is 2.06. The fraction of sp³-hybridized carbons (Fsp3) is 0.200. The van der Waals surface area contributed by atoms with Gasteiger partial charge in [-0.3, -0.25) is 9.59 Å². The normalized spacial score (nSPS) is 8.64. The molecule has 0 radical (unpaired) electrons. The summed E-state index contributed by atoms with van der Waals surface area (Å²) in [4.78, 5) is 25.2. The van der Waals surface area contributed by atoms with Gasteiger partial charge in [0.2, 0.25) is 0 Å². The molecular weight excluding hydrogens is 180 g/mol. The highest BCUT2D eigenvalue weighted by Crippen LogP contribution is 1.86. The molecule has 2 N–H and O–H groups in total. The summed E-state index contributed by atoms with van der Waals surface area (Å²) in [6.45, 7) is 1.94. The second-order valence-electron chi connectivity index (χ2n) is 2.53. The molecule has 4 heteroatoms. The third-order valence-corrected chi connectivity index (χ3v) is 1.58. The minimum absolute atomic E-state index is 0.102. The van der Waals surface area contributed by atoms with Gasteiger partial charge in [-0.1, -0.05) is 5.92 Å². The van der Waals surface area contributed by atoms with Gasteiger partial charge in [-0.05, 0) is 6.92 Å². The van der Waals surface area contributed by atoms with Gasteiger partial charge in [0.25, 0.3) is 5.91 Å². The van der Waals surface area contributed by atoms with Crippen molar-refractivity contribution in [1.82, 2.24) is 10.3 Å². The monoisotopic (exact) mass is 190 g/mol. The first-order valence-corrected chi connectivity index (χ1v) is 4.10. The molecule has 0 bridgehead atoms. The van der Waals surface area contributed by atoms with Crippen LogP contribution < -0.4 is 10.7 Å². The van der Waals surface area contributed by atoms with Gasteiger partial charge in [-0.15, -0.1) is 5.92 Å². The van der Waals surface area contributed by atoms with Crippen molar-refractivity contribution in [3.05, 3.63) is 34.2 Å². The van der Waals surface area contributed by atoms with Crippen LogP contribution in [0, 0.1) is 11.8 Å². The molecule has 1 heterocycles. The van der Waals surface area contributed by atoms with Gasteiger partial charge in [0.05, 0.1) is 6.54 Å². The van der Waals surface area contributed by atoms with E-state index < -0.39 is 5.91 Å². The number of amides is 1. The van der Waals surface area contributed by atoms with Crippen molar-refractivity contribution in [2.45, 2.75) is 6.92 Å². The molecule has 1 amide bonds. The second kappa shape index (κ2) is 4.87.